The monoisotopic (exact) mass is 1680 g/mol. The zero-order valence-corrected chi connectivity index (χ0v) is 72.7. The van der Waals surface area contributed by atoms with Gasteiger partial charge < -0.3 is 50.6 Å². The molecule has 28 heteroatoms. The number of rotatable bonds is 31. The predicted molar refractivity (Wildman–Crippen MR) is 465 cm³/mol. The number of fused-ring (bicyclic) bond motifs is 8. The number of hydrogen-bond acceptors (Lipinski definition) is 19. The van der Waals surface area contributed by atoms with Gasteiger partial charge in [0.25, 0.3) is 40.1 Å². The van der Waals surface area contributed by atoms with E-state index in [9.17, 15) is 38.5 Å². The summed E-state index contributed by atoms with van der Waals surface area (Å²) in [5.41, 5.74) is 13.5. The molecule has 6 N–H and O–H groups in total. The van der Waals surface area contributed by atoms with Gasteiger partial charge in [0.1, 0.15) is 6.61 Å². The molecular weight excluding hydrogens is 1560 g/mol. The minimum atomic E-state index is -3.64. The number of methoxy groups -OCH3 is 1. The van der Waals surface area contributed by atoms with E-state index in [2.05, 4.69) is 31.6 Å². The molecule has 0 aromatic heterocycles. The lowest BCUT2D eigenvalue weighted by molar-refractivity contribution is -0.121. The SMILES string of the molecule is COCCOCCNC1c2ccccc2N(C)S(=O)(=O)c2cc(C)ccc21.Cc1ccc2c(c1)S(=O)(=O)N(C)c1ccccc1C2NCCCCCCC(=O)NCCO.Cc1ccc2c(c1)S(=O)(=O)N(C)c1ccccc1C2NCCCCCCC1=NCCO1.Cc1ccc2c(c1)S(=O)(=O)N(C)c1ccccc1C2NCCCOC(C)C. The molecule has 24 nitrogen and oxygen atoms in total. The van der Waals surface area contributed by atoms with Gasteiger partial charge in [0.2, 0.25) is 5.91 Å². The average molecular weight is 1680 g/mol. The van der Waals surface area contributed by atoms with Crippen molar-refractivity contribution in [1.29, 1.82) is 0 Å². The fraction of sp³-hybridized carbons (Fsp3) is 0.438. The number of ether oxygens (including phenoxy) is 4. The van der Waals surface area contributed by atoms with E-state index < -0.39 is 40.1 Å². The van der Waals surface area contributed by atoms with Crippen LogP contribution in [-0.4, -0.2) is 171 Å². The largest absolute Gasteiger partial charge is 0.479 e. The lowest BCUT2D eigenvalue weighted by atomic mass is 9.96. The standard InChI is InChI=1S/C24H33N3O4S.C24H31N3O3S.C21H28N2O3S.C20H26N2O4S/c1-18-12-13-20-22(17-18)32(30,31)27(2)21-10-7-6-9-19(21)24(20)26-14-8-4-3-5-11-23(29)25-15-16-28;1-18-12-13-20-22(17-18)31(28,29)27(2)21-10-7-6-9-19(21)24(20)26-14-8-4-3-5-11-23-25-15-16-30-23;1-15(2)26-13-7-12-22-21-17-8-5-6-9-19(17)23(4)27(24,25)20-14-16(3)10-11-18(20)21;1-15-8-9-17-19(14-15)27(23,24)22(2)18-7-5-4-6-16(18)20(17)21-10-11-26-13-12-25-3/h6-7,9-10,12-13,17,24,26,28H,3-5,8,11,14-16H2,1-2H3,(H,25,29);6-7,9-10,12-13,17,24,26H,3-5,8,11,14-16H2,1-2H3;5-6,8-11,14-15,21-22H,7,12-13H2,1-4H3;4-9,14,20-21H,10-13H2,1-3H3. The number of amides is 1. The van der Waals surface area contributed by atoms with Gasteiger partial charge in [-0.25, -0.2) is 33.7 Å². The van der Waals surface area contributed by atoms with Crippen molar-refractivity contribution in [3.8, 4) is 0 Å². The molecule has 0 bridgehead atoms. The second kappa shape index (κ2) is 42.4. The molecular formula is C89H118N10O14S4. The van der Waals surface area contributed by atoms with Crippen LogP contribution in [0.1, 0.15) is 175 Å². The van der Waals surface area contributed by atoms with E-state index in [0.29, 0.717) is 82.6 Å². The minimum Gasteiger partial charge on any atom is -0.479 e. The van der Waals surface area contributed by atoms with E-state index in [1.54, 1.807) is 59.6 Å². The van der Waals surface area contributed by atoms with Crippen LogP contribution in [-0.2, 0) is 63.8 Å². The molecule has 1 amide bonds. The Morgan fingerprint density at radius 2 is 0.786 bits per heavy atom. The van der Waals surface area contributed by atoms with E-state index in [1.807, 2.05) is 187 Å². The molecule has 0 saturated carbocycles. The summed E-state index contributed by atoms with van der Waals surface area (Å²) in [4.78, 5) is 17.4. The number of unbranched alkanes of at least 4 members (excludes halogenated alkanes) is 6. The van der Waals surface area contributed by atoms with Crippen LogP contribution < -0.4 is 43.8 Å². The summed E-state index contributed by atoms with van der Waals surface area (Å²) < 4.78 is 133. The van der Waals surface area contributed by atoms with Crippen molar-refractivity contribution in [2.75, 3.05) is 131 Å². The number of sulfonamides is 4. The van der Waals surface area contributed by atoms with Crippen molar-refractivity contribution in [2.45, 2.75) is 162 Å². The Balaban J connectivity index is 0.000000165. The summed E-state index contributed by atoms with van der Waals surface area (Å²) in [6.07, 6.45) is 10.5. The summed E-state index contributed by atoms with van der Waals surface area (Å²) in [5, 5.41) is 25.6. The third-order valence-corrected chi connectivity index (χ3v) is 28.7. The highest BCUT2D eigenvalue weighted by molar-refractivity contribution is 7.93. The number of carbonyl (C=O) groups excluding carboxylic acids is 1. The van der Waals surface area contributed by atoms with E-state index in [-0.39, 0.29) is 42.8 Å². The van der Waals surface area contributed by atoms with Crippen LogP contribution in [0.2, 0.25) is 0 Å². The van der Waals surface area contributed by atoms with Crippen LogP contribution in [0.25, 0.3) is 0 Å². The summed E-state index contributed by atoms with van der Waals surface area (Å²) in [6.45, 7) is 18.7. The molecule has 117 heavy (non-hydrogen) atoms. The molecule has 4 atom stereocenters. The molecule has 5 heterocycles. The number of aliphatic imine (C=N–C) groups is 1. The summed E-state index contributed by atoms with van der Waals surface area (Å²) in [6, 6.07) is 52.5. The quantitative estimate of drug-likeness (QED) is 0.0220. The summed E-state index contributed by atoms with van der Waals surface area (Å²) in [7, 11) is -6.36. The second-order valence-electron chi connectivity index (χ2n) is 30.2. The fourth-order valence-electron chi connectivity index (χ4n) is 15.1. The van der Waals surface area contributed by atoms with E-state index >= 15 is 0 Å². The minimum absolute atomic E-state index is 0.0236. The molecule has 632 valence electrons. The lowest BCUT2D eigenvalue weighted by Crippen LogP contribution is -2.27. The summed E-state index contributed by atoms with van der Waals surface area (Å²) >= 11 is 0. The number of aryl methyl sites for hydroxylation is 4. The Morgan fingerprint density at radius 1 is 0.436 bits per heavy atom. The van der Waals surface area contributed by atoms with Gasteiger partial charge in [0, 0.05) is 67.8 Å². The number of aliphatic hydroxyl groups is 1. The molecule has 8 aromatic carbocycles. The Kier molecular flexibility index (Phi) is 32.8. The lowest BCUT2D eigenvalue weighted by Gasteiger charge is -2.22. The van der Waals surface area contributed by atoms with Crippen LogP contribution in [0.3, 0.4) is 0 Å². The van der Waals surface area contributed by atoms with Crippen molar-refractivity contribution in [1.82, 2.24) is 26.6 Å². The average Bonchev–Trinajstić information content (AvgIpc) is 1.63. The molecule has 0 radical (unpaired) electrons. The maximum atomic E-state index is 13.3. The molecule has 5 aliphatic rings. The van der Waals surface area contributed by atoms with E-state index in [4.69, 9.17) is 24.1 Å². The molecule has 5 aliphatic heterocycles. The first-order chi connectivity index (χ1) is 56.1. The van der Waals surface area contributed by atoms with Crippen molar-refractivity contribution in [2.24, 2.45) is 4.99 Å². The highest BCUT2D eigenvalue weighted by Gasteiger charge is 2.39. The number of nitrogens with one attached hydrogen (secondary N) is 5. The number of anilines is 4. The molecule has 0 saturated heterocycles. The molecule has 0 spiro atoms. The van der Waals surface area contributed by atoms with Crippen molar-refractivity contribution >= 4 is 74.6 Å². The van der Waals surface area contributed by atoms with Crippen molar-refractivity contribution in [3.63, 3.8) is 0 Å². The van der Waals surface area contributed by atoms with Crippen LogP contribution >= 0.6 is 0 Å². The third kappa shape index (κ3) is 22.5. The molecule has 8 aromatic rings. The Labute approximate surface area is 694 Å². The van der Waals surface area contributed by atoms with Gasteiger partial charge >= 0.3 is 0 Å². The van der Waals surface area contributed by atoms with Gasteiger partial charge in [0.05, 0.1) is 106 Å². The van der Waals surface area contributed by atoms with Gasteiger partial charge in [0.15, 0.2) is 5.90 Å². The van der Waals surface area contributed by atoms with E-state index in [0.717, 1.165) is 175 Å². The van der Waals surface area contributed by atoms with Crippen LogP contribution in [0.5, 0.6) is 0 Å². The maximum absolute atomic E-state index is 13.3. The van der Waals surface area contributed by atoms with Crippen molar-refractivity contribution < 1.29 is 62.5 Å². The van der Waals surface area contributed by atoms with Crippen LogP contribution in [0.15, 0.2) is 194 Å². The zero-order chi connectivity index (χ0) is 84.0. The number of nitrogens with zero attached hydrogens (tertiary/aromatic N) is 5. The van der Waals surface area contributed by atoms with E-state index in [1.165, 1.54) is 17.2 Å². The van der Waals surface area contributed by atoms with Crippen LogP contribution in [0, 0.1) is 27.7 Å². The summed E-state index contributed by atoms with van der Waals surface area (Å²) in [5.74, 6) is 0.884. The van der Waals surface area contributed by atoms with Gasteiger partial charge in [-0.2, -0.15) is 0 Å². The topological polar surface area (TPSA) is 296 Å². The number of carbonyl (C=O) groups is 1. The second-order valence-corrected chi connectivity index (χ2v) is 38.0. The Hall–Kier alpha value is -8.62. The number of aliphatic hydroxyl groups excluding tert-OH is 1. The number of para-hydroxylation sites is 4. The maximum Gasteiger partial charge on any atom is 0.264 e. The highest BCUT2D eigenvalue weighted by atomic mass is 32.2. The highest BCUT2D eigenvalue weighted by Crippen LogP contribution is 2.45. The predicted octanol–water partition coefficient (Wildman–Crippen LogP) is 13.2. The fourth-order valence-corrected chi connectivity index (χ4v) is 21.3. The van der Waals surface area contributed by atoms with Crippen LogP contribution in [0.4, 0.5) is 22.7 Å². The number of benzene rings is 8. The number of hydrogen-bond donors (Lipinski definition) is 6. The first kappa shape index (κ1) is 90.7. The van der Waals surface area contributed by atoms with Gasteiger partial charge in [-0.3, -0.25) is 27.0 Å². The first-order valence-electron chi connectivity index (χ1n) is 40.5. The Bertz CT molecular complexity index is 5190. The zero-order valence-electron chi connectivity index (χ0n) is 69.4. The Morgan fingerprint density at radius 3 is 1.14 bits per heavy atom. The van der Waals surface area contributed by atoms with Crippen molar-refractivity contribution in [3.05, 3.63) is 237 Å². The van der Waals surface area contributed by atoms with Gasteiger partial charge in [-0.15, -0.1) is 0 Å². The van der Waals surface area contributed by atoms with Gasteiger partial charge in [-0.1, -0.05) is 147 Å². The molecule has 0 fully saturated rings. The third-order valence-electron chi connectivity index (χ3n) is 21.4. The normalized spacial score (nSPS) is 18.0. The van der Waals surface area contributed by atoms with Gasteiger partial charge in [-0.05, 0) is 209 Å². The first-order valence-corrected chi connectivity index (χ1v) is 46.3. The molecule has 4 unspecified atom stereocenters. The molecule has 0 aliphatic carbocycles. The molecule has 13 rings (SSSR count). The smallest absolute Gasteiger partial charge is 0.264 e.